The van der Waals surface area contributed by atoms with E-state index in [0.717, 1.165) is 0 Å². The van der Waals surface area contributed by atoms with Crippen molar-refractivity contribution < 1.29 is 22.7 Å². The van der Waals surface area contributed by atoms with E-state index in [2.05, 4.69) is 0 Å². The second-order valence-electron chi connectivity index (χ2n) is 3.89. The molecule has 0 saturated heterocycles. The molecule has 5 nitrogen and oxygen atoms in total. The maximum absolute atomic E-state index is 11.6. The van der Waals surface area contributed by atoms with Crippen LogP contribution in [0.2, 0.25) is 0 Å². The second-order valence-corrected chi connectivity index (χ2v) is 6.17. The van der Waals surface area contributed by atoms with Gasteiger partial charge in [-0.1, -0.05) is 19.1 Å². The largest absolute Gasteiger partial charge is 0.382 e. The number of benzene rings is 1. The molecule has 1 aromatic carbocycles. The van der Waals surface area contributed by atoms with Crippen LogP contribution in [-0.2, 0) is 24.1 Å². The summed E-state index contributed by atoms with van der Waals surface area (Å²) in [6.07, 6.45) is -0.0209. The number of carbonyl (C=O) groups is 1. The van der Waals surface area contributed by atoms with Crippen molar-refractivity contribution in [2.45, 2.75) is 17.9 Å². The lowest BCUT2D eigenvalue weighted by molar-refractivity contribution is -0.119. The Morgan fingerprint density at radius 3 is 2.32 bits per heavy atom. The Morgan fingerprint density at radius 1 is 1.21 bits per heavy atom. The van der Waals surface area contributed by atoms with E-state index in [1.807, 2.05) is 0 Å². The first kappa shape index (κ1) is 15.8. The van der Waals surface area contributed by atoms with Gasteiger partial charge in [-0.05, 0) is 17.7 Å². The Balaban J connectivity index is 2.82. The van der Waals surface area contributed by atoms with E-state index in [-0.39, 0.29) is 10.6 Å². The summed E-state index contributed by atoms with van der Waals surface area (Å²) in [6.45, 7) is 2.28. The van der Waals surface area contributed by atoms with Crippen molar-refractivity contribution in [3.63, 3.8) is 0 Å². The van der Waals surface area contributed by atoms with Crippen LogP contribution in [0.3, 0.4) is 0 Å². The third kappa shape index (κ3) is 4.41. The molecule has 0 fully saturated rings. The molecule has 19 heavy (non-hydrogen) atoms. The van der Waals surface area contributed by atoms with Crippen molar-refractivity contribution in [2.75, 3.05) is 26.1 Å². The van der Waals surface area contributed by atoms with E-state index in [0.29, 0.717) is 25.1 Å². The van der Waals surface area contributed by atoms with Gasteiger partial charge in [-0.25, -0.2) is 8.42 Å². The number of aldehydes is 1. The van der Waals surface area contributed by atoms with E-state index in [4.69, 9.17) is 9.47 Å². The summed E-state index contributed by atoms with van der Waals surface area (Å²) in [5.74, 6) is 0.0494. The molecule has 0 aliphatic carbocycles. The molecule has 0 radical (unpaired) electrons. The van der Waals surface area contributed by atoms with Crippen molar-refractivity contribution in [1.82, 2.24) is 0 Å². The molecule has 0 bridgehead atoms. The quantitative estimate of drug-likeness (QED) is 0.533. The van der Waals surface area contributed by atoms with Gasteiger partial charge < -0.3 is 14.3 Å². The molecule has 0 saturated carbocycles. The van der Waals surface area contributed by atoms with E-state index in [9.17, 15) is 13.2 Å². The monoisotopic (exact) mass is 286 g/mol. The fraction of sp³-hybridized carbons (Fsp3) is 0.462. The van der Waals surface area contributed by atoms with Crippen LogP contribution >= 0.6 is 0 Å². The highest BCUT2D eigenvalue weighted by atomic mass is 32.2. The number of hydrogen-bond donors (Lipinski definition) is 0. The van der Waals surface area contributed by atoms with Gasteiger partial charge >= 0.3 is 0 Å². The standard InChI is InChI=1S/C13H18O5S/c1-3-19(15,16)12-6-4-11(5-7-12)13(10-14)18-9-8-17-2/h4-7,10,13H,3,8-9H2,1-2H3. The van der Waals surface area contributed by atoms with Crippen LogP contribution in [0.15, 0.2) is 29.2 Å². The Labute approximate surface area is 113 Å². The zero-order valence-electron chi connectivity index (χ0n) is 11.0. The van der Waals surface area contributed by atoms with Crippen molar-refractivity contribution in [2.24, 2.45) is 0 Å². The Hall–Kier alpha value is -1.24. The molecule has 0 heterocycles. The minimum Gasteiger partial charge on any atom is -0.382 e. The molecule has 0 aliphatic heterocycles. The molecule has 0 amide bonds. The molecule has 6 heteroatoms. The zero-order chi connectivity index (χ0) is 14.3. The highest BCUT2D eigenvalue weighted by Gasteiger charge is 2.14. The zero-order valence-corrected chi connectivity index (χ0v) is 11.9. The Kier molecular flexibility index (Phi) is 6.14. The van der Waals surface area contributed by atoms with Crippen LogP contribution in [0, 0.1) is 0 Å². The number of sulfone groups is 1. The van der Waals surface area contributed by atoms with Crippen LogP contribution in [0.1, 0.15) is 18.6 Å². The molecule has 0 N–H and O–H groups in total. The van der Waals surface area contributed by atoms with Gasteiger partial charge in [0.05, 0.1) is 23.9 Å². The van der Waals surface area contributed by atoms with Crippen molar-refractivity contribution in [1.29, 1.82) is 0 Å². The van der Waals surface area contributed by atoms with Crippen molar-refractivity contribution >= 4 is 16.1 Å². The lowest BCUT2D eigenvalue weighted by atomic mass is 10.1. The molecule has 0 aromatic heterocycles. The second kappa shape index (κ2) is 7.37. The third-order valence-corrected chi connectivity index (χ3v) is 4.41. The smallest absolute Gasteiger partial charge is 0.178 e. The maximum atomic E-state index is 11.6. The van der Waals surface area contributed by atoms with Crippen LogP contribution in [0.25, 0.3) is 0 Å². The van der Waals surface area contributed by atoms with Gasteiger partial charge in [-0.3, -0.25) is 0 Å². The minimum atomic E-state index is -3.22. The molecule has 0 aliphatic rings. The summed E-state index contributed by atoms with van der Waals surface area (Å²) >= 11 is 0. The summed E-state index contributed by atoms with van der Waals surface area (Å²) in [4.78, 5) is 11.2. The number of carbonyl (C=O) groups excluding carboxylic acids is 1. The number of hydrogen-bond acceptors (Lipinski definition) is 5. The molecule has 1 aromatic rings. The fourth-order valence-electron chi connectivity index (χ4n) is 1.50. The predicted octanol–water partition coefficient (Wildman–Crippen LogP) is 1.38. The van der Waals surface area contributed by atoms with Gasteiger partial charge in [-0.15, -0.1) is 0 Å². The summed E-state index contributed by atoms with van der Waals surface area (Å²) in [7, 11) is -1.67. The van der Waals surface area contributed by atoms with Gasteiger partial charge in [0.1, 0.15) is 6.10 Å². The first-order valence-electron chi connectivity index (χ1n) is 5.93. The van der Waals surface area contributed by atoms with Crippen molar-refractivity contribution in [3.8, 4) is 0 Å². The van der Waals surface area contributed by atoms with Gasteiger partial charge in [0.2, 0.25) is 0 Å². The predicted molar refractivity (Wildman–Crippen MR) is 70.8 cm³/mol. The fourth-order valence-corrected chi connectivity index (χ4v) is 2.39. The van der Waals surface area contributed by atoms with Crippen LogP contribution < -0.4 is 0 Å². The van der Waals surface area contributed by atoms with E-state index in [1.165, 1.54) is 12.1 Å². The third-order valence-electron chi connectivity index (χ3n) is 2.66. The molecule has 0 spiro atoms. The normalized spacial score (nSPS) is 13.2. The van der Waals surface area contributed by atoms with Gasteiger partial charge in [0.25, 0.3) is 0 Å². The average molecular weight is 286 g/mol. The summed E-state index contributed by atoms with van der Waals surface area (Å²) < 4.78 is 33.4. The SMILES string of the molecule is CCS(=O)(=O)c1ccc(C(C=O)OCCOC)cc1. The molecule has 106 valence electrons. The summed E-state index contributed by atoms with van der Waals surface area (Å²) in [5, 5.41) is 0. The van der Waals surface area contributed by atoms with Gasteiger partial charge in [0.15, 0.2) is 16.1 Å². The lowest BCUT2D eigenvalue weighted by Gasteiger charge is -2.12. The van der Waals surface area contributed by atoms with Crippen LogP contribution in [-0.4, -0.2) is 40.8 Å². The topological polar surface area (TPSA) is 69.7 Å². The summed E-state index contributed by atoms with van der Waals surface area (Å²) in [6, 6.07) is 6.16. The number of ether oxygens (including phenoxy) is 2. The van der Waals surface area contributed by atoms with Crippen LogP contribution in [0.4, 0.5) is 0 Å². The first-order chi connectivity index (χ1) is 9.05. The Morgan fingerprint density at radius 2 is 1.84 bits per heavy atom. The lowest BCUT2D eigenvalue weighted by Crippen LogP contribution is -2.10. The molecular weight excluding hydrogens is 268 g/mol. The van der Waals surface area contributed by atoms with Crippen molar-refractivity contribution in [3.05, 3.63) is 29.8 Å². The highest BCUT2D eigenvalue weighted by Crippen LogP contribution is 2.18. The van der Waals surface area contributed by atoms with E-state index >= 15 is 0 Å². The number of methoxy groups -OCH3 is 1. The highest BCUT2D eigenvalue weighted by molar-refractivity contribution is 7.91. The summed E-state index contributed by atoms with van der Waals surface area (Å²) in [5.41, 5.74) is 0.626. The molecule has 1 rings (SSSR count). The maximum Gasteiger partial charge on any atom is 0.178 e. The van der Waals surface area contributed by atoms with Gasteiger partial charge in [-0.2, -0.15) is 0 Å². The first-order valence-corrected chi connectivity index (χ1v) is 7.59. The minimum absolute atomic E-state index is 0.0494. The molecular formula is C13H18O5S. The molecule has 1 atom stereocenters. The van der Waals surface area contributed by atoms with Gasteiger partial charge in [0, 0.05) is 7.11 Å². The molecule has 1 unspecified atom stereocenters. The van der Waals surface area contributed by atoms with Crippen LogP contribution in [0.5, 0.6) is 0 Å². The average Bonchev–Trinajstić information content (AvgIpc) is 2.44. The van der Waals surface area contributed by atoms with E-state index in [1.54, 1.807) is 26.2 Å². The Bertz CT molecular complexity index is 492. The number of rotatable bonds is 8. The van der Waals surface area contributed by atoms with E-state index < -0.39 is 15.9 Å².